The van der Waals surface area contributed by atoms with Gasteiger partial charge in [-0.2, -0.15) is 0 Å². The Morgan fingerprint density at radius 3 is 2.65 bits per heavy atom. The third-order valence-corrected chi connectivity index (χ3v) is 5.36. The Morgan fingerprint density at radius 2 is 1.91 bits per heavy atom. The zero-order valence-electron chi connectivity index (χ0n) is 14.3. The summed E-state index contributed by atoms with van der Waals surface area (Å²) in [5, 5.41) is 3.73. The van der Waals surface area contributed by atoms with Crippen molar-refractivity contribution in [1.29, 1.82) is 0 Å². The van der Waals surface area contributed by atoms with Gasteiger partial charge in [0, 0.05) is 23.8 Å². The summed E-state index contributed by atoms with van der Waals surface area (Å²) in [7, 11) is 0. The van der Waals surface area contributed by atoms with Crippen LogP contribution in [0.2, 0.25) is 0 Å². The molecule has 0 aromatic heterocycles. The Bertz CT molecular complexity index is 574. The second-order valence-corrected chi connectivity index (χ2v) is 7.97. The maximum Gasteiger partial charge on any atom is 0.113 e. The molecule has 0 radical (unpaired) electrons. The molecule has 4 heteroatoms. The SMILES string of the molecule is CC(C)(C)c1ccc2c(c1)[C@H]1OCCO[C@H]1[C@H](C1CCOC1)N2. The molecule has 126 valence electrons. The van der Waals surface area contributed by atoms with Crippen molar-refractivity contribution in [3.05, 3.63) is 29.3 Å². The van der Waals surface area contributed by atoms with Crippen molar-refractivity contribution in [2.45, 2.75) is 50.9 Å². The van der Waals surface area contributed by atoms with E-state index in [-0.39, 0.29) is 23.7 Å². The van der Waals surface area contributed by atoms with E-state index in [4.69, 9.17) is 14.2 Å². The highest BCUT2D eigenvalue weighted by Crippen LogP contribution is 2.43. The van der Waals surface area contributed by atoms with E-state index in [0.717, 1.165) is 19.6 Å². The van der Waals surface area contributed by atoms with E-state index in [1.807, 2.05) is 0 Å². The van der Waals surface area contributed by atoms with Crippen LogP contribution in [-0.2, 0) is 19.6 Å². The molecule has 4 rings (SSSR count). The van der Waals surface area contributed by atoms with E-state index in [1.165, 1.54) is 16.8 Å². The van der Waals surface area contributed by atoms with Gasteiger partial charge in [0.05, 0.1) is 25.9 Å². The molecule has 1 N–H and O–H groups in total. The van der Waals surface area contributed by atoms with Crippen LogP contribution in [0.5, 0.6) is 0 Å². The lowest BCUT2D eigenvalue weighted by Crippen LogP contribution is -2.51. The van der Waals surface area contributed by atoms with Crippen LogP contribution in [0.25, 0.3) is 0 Å². The average Bonchev–Trinajstić information content (AvgIpc) is 3.07. The van der Waals surface area contributed by atoms with Crippen molar-refractivity contribution in [3.8, 4) is 0 Å². The molecule has 3 heterocycles. The highest BCUT2D eigenvalue weighted by atomic mass is 16.6. The summed E-state index contributed by atoms with van der Waals surface area (Å²) in [6.45, 7) is 9.78. The van der Waals surface area contributed by atoms with Gasteiger partial charge in [-0.05, 0) is 23.5 Å². The number of anilines is 1. The summed E-state index contributed by atoms with van der Waals surface area (Å²) in [4.78, 5) is 0. The van der Waals surface area contributed by atoms with E-state index >= 15 is 0 Å². The number of fused-ring (bicyclic) bond motifs is 3. The standard InChI is InChI=1S/C19H27NO3/c1-19(2,3)13-4-5-15-14(10-13)17-18(23-9-8-22-17)16(20-15)12-6-7-21-11-12/h4-5,10,12,16-18,20H,6-9,11H2,1-3H3/t12?,16-,17+,18-/m0/s1. The van der Waals surface area contributed by atoms with E-state index in [2.05, 4.69) is 44.3 Å². The number of hydrogen-bond acceptors (Lipinski definition) is 4. The van der Waals surface area contributed by atoms with Gasteiger partial charge in [0.2, 0.25) is 0 Å². The van der Waals surface area contributed by atoms with E-state index in [1.54, 1.807) is 0 Å². The molecule has 0 aliphatic carbocycles. The summed E-state index contributed by atoms with van der Waals surface area (Å²) in [5.41, 5.74) is 3.92. The lowest BCUT2D eigenvalue weighted by atomic mass is 9.80. The zero-order valence-corrected chi connectivity index (χ0v) is 14.3. The number of benzene rings is 1. The molecule has 1 aromatic rings. The third-order valence-electron chi connectivity index (χ3n) is 5.36. The maximum absolute atomic E-state index is 6.16. The topological polar surface area (TPSA) is 39.7 Å². The molecule has 4 atom stereocenters. The van der Waals surface area contributed by atoms with Crippen molar-refractivity contribution in [1.82, 2.24) is 0 Å². The van der Waals surface area contributed by atoms with Crippen molar-refractivity contribution < 1.29 is 14.2 Å². The van der Waals surface area contributed by atoms with E-state index < -0.39 is 0 Å². The number of ether oxygens (including phenoxy) is 3. The quantitative estimate of drug-likeness (QED) is 0.863. The summed E-state index contributed by atoms with van der Waals surface area (Å²) in [5.74, 6) is 0.500. The van der Waals surface area contributed by atoms with Crippen LogP contribution in [0, 0.1) is 5.92 Å². The van der Waals surface area contributed by atoms with Gasteiger partial charge >= 0.3 is 0 Å². The van der Waals surface area contributed by atoms with Gasteiger partial charge in [-0.1, -0.05) is 32.9 Å². The molecule has 1 unspecified atom stereocenters. The molecule has 1 aromatic carbocycles. The van der Waals surface area contributed by atoms with Gasteiger partial charge in [0.25, 0.3) is 0 Å². The first-order valence-corrected chi connectivity index (χ1v) is 8.76. The smallest absolute Gasteiger partial charge is 0.113 e. The second kappa shape index (κ2) is 5.76. The van der Waals surface area contributed by atoms with Crippen LogP contribution >= 0.6 is 0 Å². The third kappa shape index (κ3) is 2.77. The molecule has 3 aliphatic heterocycles. The molecule has 0 bridgehead atoms. The van der Waals surface area contributed by atoms with E-state index in [0.29, 0.717) is 19.1 Å². The normalized spacial score (nSPS) is 33.7. The van der Waals surface area contributed by atoms with Crippen molar-refractivity contribution in [2.75, 3.05) is 31.7 Å². The minimum Gasteiger partial charge on any atom is -0.381 e. The van der Waals surface area contributed by atoms with Crippen LogP contribution in [0.15, 0.2) is 18.2 Å². The molecule has 0 saturated carbocycles. The highest BCUT2D eigenvalue weighted by molar-refractivity contribution is 5.58. The van der Waals surface area contributed by atoms with E-state index in [9.17, 15) is 0 Å². The second-order valence-electron chi connectivity index (χ2n) is 7.97. The van der Waals surface area contributed by atoms with Gasteiger partial charge in [-0.15, -0.1) is 0 Å². The van der Waals surface area contributed by atoms with Crippen LogP contribution in [0.3, 0.4) is 0 Å². The molecule has 2 saturated heterocycles. The summed E-state index contributed by atoms with van der Waals surface area (Å²) < 4.78 is 17.9. The molecule has 0 amide bonds. The Kier molecular flexibility index (Phi) is 3.87. The van der Waals surface area contributed by atoms with Gasteiger partial charge in [0.15, 0.2) is 0 Å². The monoisotopic (exact) mass is 317 g/mol. The Balaban J connectivity index is 1.71. The van der Waals surface area contributed by atoms with Gasteiger partial charge in [0.1, 0.15) is 12.2 Å². The van der Waals surface area contributed by atoms with Crippen molar-refractivity contribution in [2.24, 2.45) is 5.92 Å². The number of hydrogen-bond donors (Lipinski definition) is 1. The first-order chi connectivity index (χ1) is 11.0. The predicted octanol–water partition coefficient (Wildman–Crippen LogP) is 3.27. The molecule has 0 spiro atoms. The Hall–Kier alpha value is -1.10. The molecule has 2 fully saturated rings. The fraction of sp³-hybridized carbons (Fsp3) is 0.684. The van der Waals surface area contributed by atoms with Crippen LogP contribution in [0.4, 0.5) is 5.69 Å². The molecular formula is C19H27NO3. The maximum atomic E-state index is 6.16. The minimum atomic E-state index is 0.0351. The number of nitrogens with one attached hydrogen (secondary N) is 1. The average molecular weight is 317 g/mol. The minimum absolute atomic E-state index is 0.0351. The highest BCUT2D eigenvalue weighted by Gasteiger charge is 2.44. The summed E-state index contributed by atoms with van der Waals surface area (Å²) in [6, 6.07) is 7.02. The molecule has 4 nitrogen and oxygen atoms in total. The lowest BCUT2D eigenvalue weighted by molar-refractivity contribution is -0.155. The molecular weight excluding hydrogens is 290 g/mol. The Morgan fingerprint density at radius 1 is 1.09 bits per heavy atom. The fourth-order valence-electron chi connectivity index (χ4n) is 3.98. The predicted molar refractivity (Wildman–Crippen MR) is 89.9 cm³/mol. The van der Waals surface area contributed by atoms with Crippen molar-refractivity contribution in [3.63, 3.8) is 0 Å². The molecule has 23 heavy (non-hydrogen) atoms. The van der Waals surface area contributed by atoms with Gasteiger partial charge in [-0.3, -0.25) is 0 Å². The Labute approximate surface area is 138 Å². The largest absolute Gasteiger partial charge is 0.381 e. The van der Waals surface area contributed by atoms with Gasteiger partial charge in [-0.25, -0.2) is 0 Å². The van der Waals surface area contributed by atoms with Crippen LogP contribution < -0.4 is 5.32 Å². The first-order valence-electron chi connectivity index (χ1n) is 8.76. The number of rotatable bonds is 1. The van der Waals surface area contributed by atoms with Crippen LogP contribution in [0.1, 0.15) is 44.4 Å². The molecule has 3 aliphatic rings. The lowest BCUT2D eigenvalue weighted by Gasteiger charge is -2.45. The fourth-order valence-corrected chi connectivity index (χ4v) is 3.98. The summed E-state index contributed by atoms with van der Waals surface area (Å²) >= 11 is 0. The first kappa shape index (κ1) is 15.4. The van der Waals surface area contributed by atoms with Crippen molar-refractivity contribution >= 4 is 5.69 Å². The van der Waals surface area contributed by atoms with Gasteiger partial charge < -0.3 is 19.5 Å². The zero-order chi connectivity index (χ0) is 16.0. The van der Waals surface area contributed by atoms with Crippen LogP contribution in [-0.4, -0.2) is 38.6 Å². The summed E-state index contributed by atoms with van der Waals surface area (Å²) in [6.07, 6.45) is 1.21.